The zero-order valence-electron chi connectivity index (χ0n) is 9.71. The van der Waals surface area contributed by atoms with E-state index in [4.69, 9.17) is 11.6 Å². The summed E-state index contributed by atoms with van der Waals surface area (Å²) in [6.45, 7) is 8.78. The first kappa shape index (κ1) is 10.9. The van der Waals surface area contributed by atoms with Crippen molar-refractivity contribution in [1.82, 2.24) is 9.97 Å². The Balaban J connectivity index is 2.46. The molecule has 0 N–H and O–H groups in total. The van der Waals surface area contributed by atoms with Crippen LogP contribution in [0.1, 0.15) is 32.2 Å². The smallest absolute Gasteiger partial charge is 0.0683 e. The van der Waals surface area contributed by atoms with Crippen LogP contribution in [0, 0.1) is 18.3 Å². The van der Waals surface area contributed by atoms with Gasteiger partial charge in [-0.3, -0.25) is 9.97 Å². The fourth-order valence-corrected chi connectivity index (χ4v) is 3.53. The third-order valence-electron chi connectivity index (χ3n) is 4.35. The molecular formula is C12H17ClN2. The van der Waals surface area contributed by atoms with Gasteiger partial charge >= 0.3 is 0 Å². The summed E-state index contributed by atoms with van der Waals surface area (Å²) in [5.41, 5.74) is 2.46. The molecule has 1 aliphatic rings. The minimum atomic E-state index is 0.0904. The van der Waals surface area contributed by atoms with Gasteiger partial charge in [0.1, 0.15) is 0 Å². The first-order valence-electron chi connectivity index (χ1n) is 5.30. The van der Waals surface area contributed by atoms with Crippen molar-refractivity contribution in [3.63, 3.8) is 0 Å². The van der Waals surface area contributed by atoms with Gasteiger partial charge in [0, 0.05) is 23.7 Å². The monoisotopic (exact) mass is 224 g/mol. The van der Waals surface area contributed by atoms with Crippen molar-refractivity contribution in [2.24, 2.45) is 11.3 Å². The Labute approximate surface area is 96.1 Å². The third-order valence-corrected chi connectivity index (χ3v) is 4.66. The van der Waals surface area contributed by atoms with E-state index in [1.807, 2.05) is 6.92 Å². The van der Waals surface area contributed by atoms with Crippen LogP contribution in [0.4, 0.5) is 0 Å². The lowest BCUT2D eigenvalue weighted by Gasteiger charge is -2.15. The third kappa shape index (κ3) is 1.24. The van der Waals surface area contributed by atoms with Crippen molar-refractivity contribution in [3.05, 3.63) is 23.8 Å². The topological polar surface area (TPSA) is 25.8 Å². The summed E-state index contributed by atoms with van der Waals surface area (Å²) >= 11 is 6.02. The Morgan fingerprint density at radius 2 is 1.87 bits per heavy atom. The van der Waals surface area contributed by atoms with E-state index in [0.29, 0.717) is 11.8 Å². The summed E-state index contributed by atoms with van der Waals surface area (Å²) in [7, 11) is 0. The number of rotatable bonds is 2. The lowest BCUT2D eigenvalue weighted by atomic mass is 9.93. The standard InChI is InChI=1S/C12H17ClN2/c1-8-10(15-6-5-14-8)12(4)9(7-13)11(12,2)3/h5-6,9H,7H2,1-4H3. The highest BCUT2D eigenvalue weighted by molar-refractivity contribution is 6.18. The maximum atomic E-state index is 6.02. The van der Waals surface area contributed by atoms with E-state index in [2.05, 4.69) is 30.7 Å². The minimum absolute atomic E-state index is 0.0904. The molecule has 0 bridgehead atoms. The molecule has 1 heterocycles. The highest BCUT2D eigenvalue weighted by atomic mass is 35.5. The minimum Gasteiger partial charge on any atom is -0.258 e. The molecular weight excluding hydrogens is 208 g/mol. The van der Waals surface area contributed by atoms with E-state index >= 15 is 0 Å². The fourth-order valence-electron chi connectivity index (χ4n) is 2.84. The average molecular weight is 225 g/mol. The van der Waals surface area contributed by atoms with Gasteiger partial charge in [0.25, 0.3) is 0 Å². The molecule has 2 unspecified atom stereocenters. The lowest BCUT2D eigenvalue weighted by molar-refractivity contribution is 0.510. The number of halogens is 1. The van der Waals surface area contributed by atoms with Crippen LogP contribution in [-0.4, -0.2) is 15.8 Å². The van der Waals surface area contributed by atoms with E-state index in [0.717, 1.165) is 11.4 Å². The molecule has 3 heteroatoms. The van der Waals surface area contributed by atoms with Gasteiger partial charge in [0.2, 0.25) is 0 Å². The van der Waals surface area contributed by atoms with Crippen LogP contribution >= 0.6 is 11.6 Å². The van der Waals surface area contributed by atoms with Gasteiger partial charge in [-0.15, -0.1) is 11.6 Å². The largest absolute Gasteiger partial charge is 0.258 e. The fraction of sp³-hybridized carbons (Fsp3) is 0.667. The van der Waals surface area contributed by atoms with Crippen LogP contribution in [0.2, 0.25) is 0 Å². The Morgan fingerprint density at radius 1 is 1.27 bits per heavy atom. The molecule has 0 amide bonds. The zero-order valence-corrected chi connectivity index (χ0v) is 10.5. The second-order valence-corrected chi connectivity index (χ2v) is 5.43. The summed E-state index contributed by atoms with van der Waals surface area (Å²) < 4.78 is 0. The molecule has 0 spiro atoms. The Bertz CT molecular complexity index is 389. The Kier molecular flexibility index (Phi) is 2.30. The molecule has 15 heavy (non-hydrogen) atoms. The number of hydrogen-bond acceptors (Lipinski definition) is 2. The molecule has 0 saturated heterocycles. The van der Waals surface area contributed by atoms with Gasteiger partial charge < -0.3 is 0 Å². The predicted molar refractivity (Wildman–Crippen MR) is 62.1 cm³/mol. The summed E-state index contributed by atoms with van der Waals surface area (Å²) in [6, 6.07) is 0. The first-order chi connectivity index (χ1) is 6.96. The molecule has 0 radical (unpaired) electrons. The summed E-state index contributed by atoms with van der Waals surface area (Å²) in [5.74, 6) is 1.20. The van der Waals surface area contributed by atoms with Crippen LogP contribution in [-0.2, 0) is 5.41 Å². The summed E-state index contributed by atoms with van der Waals surface area (Å²) in [5, 5.41) is 0. The van der Waals surface area contributed by atoms with E-state index < -0.39 is 0 Å². The highest BCUT2D eigenvalue weighted by Crippen LogP contribution is 2.69. The van der Waals surface area contributed by atoms with Crippen molar-refractivity contribution in [1.29, 1.82) is 0 Å². The Hall–Kier alpha value is -0.630. The highest BCUT2D eigenvalue weighted by Gasteiger charge is 2.69. The van der Waals surface area contributed by atoms with Crippen molar-refractivity contribution < 1.29 is 0 Å². The molecule has 2 nitrogen and oxygen atoms in total. The van der Waals surface area contributed by atoms with E-state index in [9.17, 15) is 0 Å². The first-order valence-corrected chi connectivity index (χ1v) is 5.83. The quantitative estimate of drug-likeness (QED) is 0.722. The summed E-state index contributed by atoms with van der Waals surface area (Å²) in [4.78, 5) is 8.80. The molecule has 1 saturated carbocycles. The second-order valence-electron chi connectivity index (χ2n) is 5.12. The Morgan fingerprint density at radius 3 is 2.33 bits per heavy atom. The van der Waals surface area contributed by atoms with Gasteiger partial charge in [0.15, 0.2) is 0 Å². The van der Waals surface area contributed by atoms with Crippen LogP contribution < -0.4 is 0 Å². The number of nitrogens with zero attached hydrogens (tertiary/aromatic N) is 2. The van der Waals surface area contributed by atoms with E-state index in [1.165, 1.54) is 0 Å². The molecule has 1 fully saturated rings. The van der Waals surface area contributed by atoms with Crippen molar-refractivity contribution >= 4 is 11.6 Å². The van der Waals surface area contributed by atoms with Crippen molar-refractivity contribution in [2.45, 2.75) is 33.1 Å². The van der Waals surface area contributed by atoms with Gasteiger partial charge in [-0.2, -0.15) is 0 Å². The normalized spacial score (nSPS) is 32.7. The van der Waals surface area contributed by atoms with Crippen molar-refractivity contribution in [3.8, 4) is 0 Å². The molecule has 1 aromatic heterocycles. The lowest BCUT2D eigenvalue weighted by Crippen LogP contribution is -2.14. The molecule has 2 rings (SSSR count). The maximum absolute atomic E-state index is 6.02. The second kappa shape index (κ2) is 3.18. The molecule has 82 valence electrons. The van der Waals surface area contributed by atoms with Gasteiger partial charge in [0.05, 0.1) is 11.4 Å². The molecule has 1 aromatic rings. The van der Waals surface area contributed by atoms with Gasteiger partial charge in [-0.05, 0) is 18.3 Å². The predicted octanol–water partition coefficient (Wildman–Crippen LogP) is 2.94. The SMILES string of the molecule is Cc1nccnc1C1(C)C(CCl)C1(C)C. The number of aromatic nitrogens is 2. The van der Waals surface area contributed by atoms with Crippen LogP contribution in [0.15, 0.2) is 12.4 Å². The zero-order chi connectivity index (χ0) is 11.3. The van der Waals surface area contributed by atoms with Gasteiger partial charge in [-0.25, -0.2) is 0 Å². The number of hydrogen-bond donors (Lipinski definition) is 0. The van der Waals surface area contributed by atoms with E-state index in [1.54, 1.807) is 12.4 Å². The number of aryl methyl sites for hydroxylation is 1. The summed E-state index contributed by atoms with van der Waals surface area (Å²) in [6.07, 6.45) is 3.51. The average Bonchev–Trinajstić information content (AvgIpc) is 2.61. The molecule has 0 aromatic carbocycles. The van der Waals surface area contributed by atoms with Crippen molar-refractivity contribution in [2.75, 3.05) is 5.88 Å². The molecule has 1 aliphatic carbocycles. The maximum Gasteiger partial charge on any atom is 0.0683 e. The van der Waals surface area contributed by atoms with E-state index in [-0.39, 0.29) is 10.8 Å². The number of alkyl halides is 1. The van der Waals surface area contributed by atoms with Crippen LogP contribution in [0.5, 0.6) is 0 Å². The van der Waals surface area contributed by atoms with Crippen LogP contribution in [0.3, 0.4) is 0 Å². The van der Waals surface area contributed by atoms with Crippen LogP contribution in [0.25, 0.3) is 0 Å². The van der Waals surface area contributed by atoms with Gasteiger partial charge in [-0.1, -0.05) is 20.8 Å². The molecule has 2 atom stereocenters. The molecule has 0 aliphatic heterocycles.